The molecular formula is C28H31N3O2. The van der Waals surface area contributed by atoms with Gasteiger partial charge in [0.05, 0.1) is 6.54 Å². The Kier molecular flexibility index (Phi) is 7.40. The fourth-order valence-corrected chi connectivity index (χ4v) is 4.10. The van der Waals surface area contributed by atoms with Crippen LogP contribution < -0.4 is 10.2 Å². The number of benzene rings is 3. The summed E-state index contributed by atoms with van der Waals surface area (Å²) in [5, 5.41) is 3.02. The second-order valence-electron chi connectivity index (χ2n) is 8.65. The van der Waals surface area contributed by atoms with Gasteiger partial charge in [-0.15, -0.1) is 0 Å². The summed E-state index contributed by atoms with van der Waals surface area (Å²) >= 11 is 0. The number of anilines is 1. The Balaban J connectivity index is 1.35. The minimum absolute atomic E-state index is 0.0382. The van der Waals surface area contributed by atoms with Gasteiger partial charge < -0.3 is 15.1 Å². The molecule has 0 unspecified atom stereocenters. The highest BCUT2D eigenvalue weighted by atomic mass is 16.2. The zero-order valence-electron chi connectivity index (χ0n) is 19.2. The first kappa shape index (κ1) is 22.6. The highest BCUT2D eigenvalue weighted by Gasteiger charge is 2.19. The van der Waals surface area contributed by atoms with Gasteiger partial charge in [0.15, 0.2) is 0 Å². The van der Waals surface area contributed by atoms with Crippen LogP contribution in [0.5, 0.6) is 0 Å². The number of hydrogen-bond donors (Lipinski definition) is 1. The molecule has 0 atom stereocenters. The summed E-state index contributed by atoms with van der Waals surface area (Å²) in [5.74, 6) is 0.0569. The van der Waals surface area contributed by atoms with Gasteiger partial charge in [-0.1, -0.05) is 60.2 Å². The number of nitrogens with one attached hydrogen (secondary N) is 1. The van der Waals surface area contributed by atoms with Gasteiger partial charge in [-0.05, 0) is 55.2 Å². The van der Waals surface area contributed by atoms with Gasteiger partial charge in [-0.3, -0.25) is 9.59 Å². The second-order valence-corrected chi connectivity index (χ2v) is 8.65. The van der Waals surface area contributed by atoms with Gasteiger partial charge in [0.2, 0.25) is 5.91 Å². The maximum absolute atomic E-state index is 12.8. The Morgan fingerprint density at radius 1 is 0.848 bits per heavy atom. The molecule has 1 N–H and O–H groups in total. The highest BCUT2D eigenvalue weighted by molar-refractivity contribution is 5.94. The Hall–Kier alpha value is -3.60. The topological polar surface area (TPSA) is 52.7 Å². The second kappa shape index (κ2) is 10.8. The van der Waals surface area contributed by atoms with E-state index in [2.05, 4.69) is 53.5 Å². The average Bonchev–Trinajstić information content (AvgIpc) is 3.38. The first-order valence-electron chi connectivity index (χ1n) is 11.6. The first-order valence-corrected chi connectivity index (χ1v) is 11.6. The SMILES string of the molecule is Cc1ccc(N(CC(=O)NCc2ccc(C(=O)N3CCCC3)cc2)Cc2ccccc2)cc1. The molecule has 1 aliphatic rings. The third-order valence-corrected chi connectivity index (χ3v) is 6.03. The summed E-state index contributed by atoms with van der Waals surface area (Å²) < 4.78 is 0. The number of nitrogens with zero attached hydrogens (tertiary/aromatic N) is 2. The lowest BCUT2D eigenvalue weighted by atomic mass is 10.1. The van der Waals surface area contributed by atoms with Crippen molar-refractivity contribution in [2.45, 2.75) is 32.9 Å². The van der Waals surface area contributed by atoms with Crippen LogP contribution in [0, 0.1) is 6.92 Å². The Morgan fingerprint density at radius 3 is 2.18 bits per heavy atom. The van der Waals surface area contributed by atoms with Crippen molar-refractivity contribution in [1.29, 1.82) is 0 Å². The summed E-state index contributed by atoms with van der Waals surface area (Å²) in [6, 6.07) is 26.0. The molecule has 0 spiro atoms. The third kappa shape index (κ3) is 6.22. The molecule has 1 fully saturated rings. The van der Waals surface area contributed by atoms with E-state index in [1.165, 1.54) is 5.56 Å². The molecule has 3 aromatic rings. The van der Waals surface area contributed by atoms with E-state index in [-0.39, 0.29) is 18.4 Å². The zero-order chi connectivity index (χ0) is 23.0. The van der Waals surface area contributed by atoms with Gasteiger partial charge in [-0.25, -0.2) is 0 Å². The Labute approximate surface area is 196 Å². The van der Waals surface area contributed by atoms with Gasteiger partial charge in [0.1, 0.15) is 0 Å². The molecule has 2 amide bonds. The molecule has 0 aromatic heterocycles. The normalized spacial score (nSPS) is 13.1. The molecule has 0 saturated carbocycles. The van der Waals surface area contributed by atoms with Crippen molar-refractivity contribution in [3.8, 4) is 0 Å². The summed E-state index contributed by atoms with van der Waals surface area (Å²) in [7, 11) is 0. The summed E-state index contributed by atoms with van der Waals surface area (Å²) in [6.45, 7) is 5.11. The minimum atomic E-state index is -0.0382. The van der Waals surface area contributed by atoms with E-state index in [0.29, 0.717) is 18.7 Å². The standard InChI is InChI=1S/C28H31N3O2/c1-22-9-15-26(16-10-22)31(20-24-7-3-2-4-8-24)21-27(32)29-19-23-11-13-25(14-12-23)28(33)30-17-5-6-18-30/h2-4,7-16H,5-6,17-21H2,1H3,(H,29,32). The molecule has 170 valence electrons. The predicted octanol–water partition coefficient (Wildman–Crippen LogP) is 4.55. The molecule has 0 radical (unpaired) electrons. The van der Waals surface area contributed by atoms with Crippen LogP contribution in [0.2, 0.25) is 0 Å². The first-order chi connectivity index (χ1) is 16.1. The van der Waals surface area contributed by atoms with Gasteiger partial charge in [-0.2, -0.15) is 0 Å². The fourth-order valence-electron chi connectivity index (χ4n) is 4.10. The van der Waals surface area contributed by atoms with Crippen molar-refractivity contribution in [3.63, 3.8) is 0 Å². The number of carbonyl (C=O) groups is 2. The van der Waals surface area contributed by atoms with Crippen molar-refractivity contribution >= 4 is 17.5 Å². The van der Waals surface area contributed by atoms with Crippen molar-refractivity contribution in [2.24, 2.45) is 0 Å². The Morgan fingerprint density at radius 2 is 1.52 bits per heavy atom. The molecule has 33 heavy (non-hydrogen) atoms. The summed E-state index contributed by atoms with van der Waals surface area (Å²) in [4.78, 5) is 29.3. The van der Waals surface area contributed by atoms with Crippen LogP contribution in [0.3, 0.4) is 0 Å². The maximum atomic E-state index is 12.8. The van der Waals surface area contributed by atoms with E-state index in [0.717, 1.165) is 42.7 Å². The van der Waals surface area contributed by atoms with Gasteiger partial charge in [0.25, 0.3) is 5.91 Å². The lowest BCUT2D eigenvalue weighted by Gasteiger charge is -2.24. The maximum Gasteiger partial charge on any atom is 0.253 e. The summed E-state index contributed by atoms with van der Waals surface area (Å²) in [5.41, 5.74) is 5.05. The number of rotatable bonds is 8. The minimum Gasteiger partial charge on any atom is -0.358 e. The van der Waals surface area contributed by atoms with Crippen LogP contribution >= 0.6 is 0 Å². The van der Waals surface area contributed by atoms with E-state index in [4.69, 9.17) is 0 Å². The number of carbonyl (C=O) groups excluding carboxylic acids is 2. The van der Waals surface area contributed by atoms with Crippen LogP contribution in [0.4, 0.5) is 5.69 Å². The van der Waals surface area contributed by atoms with Crippen molar-refractivity contribution in [2.75, 3.05) is 24.5 Å². The molecular weight excluding hydrogens is 410 g/mol. The molecule has 4 rings (SSSR count). The van der Waals surface area contributed by atoms with E-state index in [9.17, 15) is 9.59 Å². The van der Waals surface area contributed by atoms with Gasteiger partial charge in [0, 0.05) is 37.4 Å². The van der Waals surface area contributed by atoms with Crippen molar-refractivity contribution < 1.29 is 9.59 Å². The predicted molar refractivity (Wildman–Crippen MR) is 132 cm³/mol. The van der Waals surface area contributed by atoms with E-state index >= 15 is 0 Å². The molecule has 1 saturated heterocycles. The smallest absolute Gasteiger partial charge is 0.253 e. The molecule has 5 nitrogen and oxygen atoms in total. The average molecular weight is 442 g/mol. The quantitative estimate of drug-likeness (QED) is 0.558. The van der Waals surface area contributed by atoms with Crippen molar-refractivity contribution in [1.82, 2.24) is 10.2 Å². The number of hydrogen-bond acceptors (Lipinski definition) is 3. The molecule has 5 heteroatoms. The van der Waals surface area contributed by atoms with E-state index in [1.807, 2.05) is 47.4 Å². The highest BCUT2D eigenvalue weighted by Crippen LogP contribution is 2.18. The molecule has 1 aliphatic heterocycles. The lowest BCUT2D eigenvalue weighted by Crippen LogP contribution is -2.36. The van der Waals surface area contributed by atoms with E-state index in [1.54, 1.807) is 0 Å². The monoisotopic (exact) mass is 441 g/mol. The van der Waals surface area contributed by atoms with Crippen LogP contribution in [-0.4, -0.2) is 36.3 Å². The molecule has 3 aromatic carbocycles. The zero-order valence-corrected chi connectivity index (χ0v) is 19.2. The third-order valence-electron chi connectivity index (χ3n) is 6.03. The van der Waals surface area contributed by atoms with Crippen LogP contribution in [-0.2, 0) is 17.9 Å². The molecule has 0 aliphatic carbocycles. The number of aryl methyl sites for hydroxylation is 1. The number of amides is 2. The van der Waals surface area contributed by atoms with Gasteiger partial charge >= 0.3 is 0 Å². The largest absolute Gasteiger partial charge is 0.358 e. The van der Waals surface area contributed by atoms with Crippen LogP contribution in [0.15, 0.2) is 78.9 Å². The van der Waals surface area contributed by atoms with Crippen LogP contribution in [0.1, 0.15) is 39.9 Å². The van der Waals surface area contributed by atoms with Crippen LogP contribution in [0.25, 0.3) is 0 Å². The molecule has 1 heterocycles. The molecule has 0 bridgehead atoms. The number of likely N-dealkylation sites (tertiary alicyclic amines) is 1. The van der Waals surface area contributed by atoms with Crippen molar-refractivity contribution in [3.05, 3.63) is 101 Å². The Bertz CT molecular complexity index is 1060. The fraction of sp³-hybridized carbons (Fsp3) is 0.286. The van der Waals surface area contributed by atoms with E-state index < -0.39 is 0 Å². The summed E-state index contributed by atoms with van der Waals surface area (Å²) in [6.07, 6.45) is 2.17. The lowest BCUT2D eigenvalue weighted by molar-refractivity contribution is -0.119.